The van der Waals surface area contributed by atoms with Crippen molar-refractivity contribution in [3.05, 3.63) is 12.7 Å². The molecule has 11 heteroatoms. The second kappa shape index (κ2) is 7.50. The summed E-state index contributed by atoms with van der Waals surface area (Å²) in [5.74, 6) is -0.198. The summed E-state index contributed by atoms with van der Waals surface area (Å²) < 4.78 is 7.23. The molecule has 0 unspecified atom stereocenters. The monoisotopic (exact) mass is 365 g/mol. The van der Waals surface area contributed by atoms with Gasteiger partial charge in [-0.15, -0.1) is 0 Å². The zero-order valence-electron chi connectivity index (χ0n) is 14.3. The summed E-state index contributed by atoms with van der Waals surface area (Å²) in [7, 11) is 0. The first-order valence-electron chi connectivity index (χ1n) is 8.41. The van der Waals surface area contributed by atoms with Gasteiger partial charge in [-0.1, -0.05) is 13.3 Å². The van der Waals surface area contributed by atoms with Crippen LogP contribution in [0.1, 0.15) is 26.0 Å². The minimum atomic E-state index is -1.14. The van der Waals surface area contributed by atoms with Crippen molar-refractivity contribution in [3.63, 3.8) is 0 Å². The molecule has 26 heavy (non-hydrogen) atoms. The molecular formula is C15H23N7O4. The van der Waals surface area contributed by atoms with Crippen LogP contribution in [-0.2, 0) is 9.53 Å². The topological polar surface area (TPSA) is 174 Å². The standard InChI is InChI=1S/C15H23N7O4/c1-2-3-7(16)14(25)21-9-8(4-23)26-15(11(9)24)22-6-20-10-12(17)18-5-19-13(10)22/h5-9,11,15,23-24H,2-4,16H2,1H3,(H,21,25)(H2,17,18,19)/t7-,8+,9+,11+,15+/m0/s1. The van der Waals surface area contributed by atoms with Gasteiger partial charge in [0.15, 0.2) is 17.7 Å². The van der Waals surface area contributed by atoms with E-state index in [1.807, 2.05) is 6.92 Å². The number of nitrogen functional groups attached to an aromatic ring is 1. The number of carbonyl (C=O) groups excluding carboxylic acids is 1. The van der Waals surface area contributed by atoms with Gasteiger partial charge in [-0.2, -0.15) is 0 Å². The molecule has 11 nitrogen and oxygen atoms in total. The molecule has 142 valence electrons. The lowest BCUT2D eigenvalue weighted by Gasteiger charge is -2.22. The van der Waals surface area contributed by atoms with Gasteiger partial charge in [0.05, 0.1) is 25.0 Å². The molecule has 1 fully saturated rings. The minimum absolute atomic E-state index is 0.204. The molecule has 0 saturated carbocycles. The first kappa shape index (κ1) is 18.5. The van der Waals surface area contributed by atoms with E-state index in [0.717, 1.165) is 6.42 Å². The zero-order chi connectivity index (χ0) is 18.8. The van der Waals surface area contributed by atoms with Crippen LogP contribution in [0.2, 0.25) is 0 Å². The van der Waals surface area contributed by atoms with Gasteiger partial charge in [-0.25, -0.2) is 15.0 Å². The van der Waals surface area contributed by atoms with Crippen molar-refractivity contribution < 1.29 is 19.7 Å². The maximum absolute atomic E-state index is 12.2. The third-order valence-corrected chi connectivity index (χ3v) is 4.46. The maximum Gasteiger partial charge on any atom is 0.237 e. The molecule has 0 spiro atoms. The van der Waals surface area contributed by atoms with E-state index in [9.17, 15) is 15.0 Å². The SMILES string of the molecule is CCC[C@H](N)C(=O)N[C@H]1[C@@H](O)[C@H](n2cnc3c(N)ncnc32)O[C@@H]1CO. The third-order valence-electron chi connectivity index (χ3n) is 4.46. The molecule has 3 heterocycles. The predicted octanol–water partition coefficient (Wildman–Crippen LogP) is -1.73. The number of carbonyl (C=O) groups is 1. The van der Waals surface area contributed by atoms with Crippen LogP contribution in [0.5, 0.6) is 0 Å². The molecule has 2 aromatic heterocycles. The van der Waals surface area contributed by atoms with Crippen molar-refractivity contribution in [2.24, 2.45) is 5.73 Å². The fourth-order valence-corrected chi connectivity index (χ4v) is 3.08. The summed E-state index contributed by atoms with van der Waals surface area (Å²) in [6.07, 6.45) is 1.13. The average Bonchev–Trinajstić information content (AvgIpc) is 3.18. The Morgan fingerprint density at radius 3 is 2.92 bits per heavy atom. The van der Waals surface area contributed by atoms with Crippen LogP contribution in [-0.4, -0.2) is 66.5 Å². The predicted molar refractivity (Wildman–Crippen MR) is 91.6 cm³/mol. The first-order valence-corrected chi connectivity index (χ1v) is 8.41. The van der Waals surface area contributed by atoms with Gasteiger partial charge < -0.3 is 31.7 Å². The smallest absolute Gasteiger partial charge is 0.237 e. The van der Waals surface area contributed by atoms with E-state index >= 15 is 0 Å². The van der Waals surface area contributed by atoms with Crippen molar-refractivity contribution in [1.29, 1.82) is 0 Å². The molecule has 0 aliphatic carbocycles. The molecule has 2 aromatic rings. The summed E-state index contributed by atoms with van der Waals surface area (Å²) in [6, 6.07) is -1.51. The lowest BCUT2D eigenvalue weighted by atomic mass is 10.1. The number of aliphatic hydroxyl groups is 2. The fourth-order valence-electron chi connectivity index (χ4n) is 3.08. The number of aromatic nitrogens is 4. The van der Waals surface area contributed by atoms with E-state index in [1.54, 1.807) is 0 Å². The summed E-state index contributed by atoms with van der Waals surface area (Å²) in [4.78, 5) is 24.3. The highest BCUT2D eigenvalue weighted by molar-refractivity contribution is 5.82. The number of imidazole rings is 1. The van der Waals surface area contributed by atoms with Crippen LogP contribution in [0.15, 0.2) is 12.7 Å². The van der Waals surface area contributed by atoms with E-state index in [2.05, 4.69) is 20.3 Å². The Morgan fingerprint density at radius 1 is 1.46 bits per heavy atom. The number of rotatable bonds is 6. The van der Waals surface area contributed by atoms with Crippen LogP contribution in [0.4, 0.5) is 5.82 Å². The van der Waals surface area contributed by atoms with Crippen LogP contribution < -0.4 is 16.8 Å². The summed E-state index contributed by atoms with van der Waals surface area (Å²) in [5.41, 5.74) is 12.3. The van der Waals surface area contributed by atoms with Crippen LogP contribution in [0, 0.1) is 0 Å². The Kier molecular flexibility index (Phi) is 5.32. The van der Waals surface area contributed by atoms with Crippen molar-refractivity contribution in [1.82, 2.24) is 24.8 Å². The highest BCUT2D eigenvalue weighted by Crippen LogP contribution is 2.31. The number of ether oxygens (including phenoxy) is 1. The number of hydrogen-bond donors (Lipinski definition) is 5. The van der Waals surface area contributed by atoms with Crippen LogP contribution in [0.3, 0.4) is 0 Å². The highest BCUT2D eigenvalue weighted by Gasteiger charge is 2.46. The number of fused-ring (bicyclic) bond motifs is 1. The Morgan fingerprint density at radius 2 is 2.23 bits per heavy atom. The largest absolute Gasteiger partial charge is 0.394 e. The number of nitrogens with one attached hydrogen (secondary N) is 1. The molecule has 1 aliphatic rings. The molecule has 1 amide bonds. The van der Waals surface area contributed by atoms with Crippen molar-refractivity contribution in [2.45, 2.75) is 50.3 Å². The van der Waals surface area contributed by atoms with E-state index in [0.29, 0.717) is 17.6 Å². The number of nitrogens with zero attached hydrogens (tertiary/aromatic N) is 4. The molecule has 0 aromatic carbocycles. The average molecular weight is 365 g/mol. The summed E-state index contributed by atoms with van der Waals surface area (Å²) in [6.45, 7) is 1.54. The minimum Gasteiger partial charge on any atom is -0.394 e. The maximum atomic E-state index is 12.2. The Bertz CT molecular complexity index is 782. The van der Waals surface area contributed by atoms with Gasteiger partial charge in [-0.3, -0.25) is 9.36 Å². The first-order chi connectivity index (χ1) is 12.5. The Labute approximate surface area is 149 Å². The third kappa shape index (κ3) is 3.21. The van der Waals surface area contributed by atoms with E-state index in [-0.39, 0.29) is 12.4 Å². The Balaban J connectivity index is 1.84. The van der Waals surface area contributed by atoms with E-state index < -0.39 is 36.4 Å². The number of anilines is 1. The lowest BCUT2D eigenvalue weighted by molar-refractivity contribution is -0.124. The fraction of sp³-hybridized carbons (Fsp3) is 0.600. The Hall–Kier alpha value is -2.34. The summed E-state index contributed by atoms with van der Waals surface area (Å²) >= 11 is 0. The van der Waals surface area contributed by atoms with Crippen LogP contribution >= 0.6 is 0 Å². The van der Waals surface area contributed by atoms with Gasteiger partial charge in [-0.05, 0) is 6.42 Å². The second-order valence-electron chi connectivity index (χ2n) is 6.25. The zero-order valence-corrected chi connectivity index (χ0v) is 14.3. The second-order valence-corrected chi connectivity index (χ2v) is 6.25. The molecule has 0 radical (unpaired) electrons. The number of nitrogens with two attached hydrogens (primary N) is 2. The van der Waals surface area contributed by atoms with E-state index in [4.69, 9.17) is 16.2 Å². The molecule has 0 bridgehead atoms. The van der Waals surface area contributed by atoms with Gasteiger partial charge in [0, 0.05) is 0 Å². The lowest BCUT2D eigenvalue weighted by Crippen LogP contribution is -2.53. The highest BCUT2D eigenvalue weighted by atomic mass is 16.5. The molecule has 1 saturated heterocycles. The summed E-state index contributed by atoms with van der Waals surface area (Å²) in [5, 5.41) is 23.0. The van der Waals surface area contributed by atoms with Crippen molar-refractivity contribution in [2.75, 3.05) is 12.3 Å². The van der Waals surface area contributed by atoms with E-state index in [1.165, 1.54) is 17.2 Å². The molecule has 3 rings (SSSR count). The molecular weight excluding hydrogens is 342 g/mol. The molecule has 5 atom stereocenters. The number of aliphatic hydroxyl groups excluding tert-OH is 2. The van der Waals surface area contributed by atoms with Crippen molar-refractivity contribution >= 4 is 22.9 Å². The number of amides is 1. The van der Waals surface area contributed by atoms with Gasteiger partial charge >= 0.3 is 0 Å². The normalized spacial score (nSPS) is 26.9. The van der Waals surface area contributed by atoms with Gasteiger partial charge in [0.1, 0.15) is 24.1 Å². The molecule has 7 N–H and O–H groups in total. The van der Waals surface area contributed by atoms with Gasteiger partial charge in [0.25, 0.3) is 0 Å². The van der Waals surface area contributed by atoms with Crippen molar-refractivity contribution in [3.8, 4) is 0 Å². The van der Waals surface area contributed by atoms with Crippen LogP contribution in [0.25, 0.3) is 11.2 Å². The quantitative estimate of drug-likeness (QED) is 0.398. The van der Waals surface area contributed by atoms with Gasteiger partial charge in [0.2, 0.25) is 5.91 Å². The number of hydrogen-bond acceptors (Lipinski definition) is 9. The molecule has 1 aliphatic heterocycles.